The third-order valence-corrected chi connectivity index (χ3v) is 3.93. The van der Waals surface area contributed by atoms with Gasteiger partial charge in [-0.2, -0.15) is 4.37 Å². The van der Waals surface area contributed by atoms with E-state index in [4.69, 9.17) is 17.3 Å². The monoisotopic (exact) mass is 297 g/mol. The van der Waals surface area contributed by atoms with E-state index in [9.17, 15) is 9.90 Å². The van der Waals surface area contributed by atoms with Crippen molar-refractivity contribution in [2.75, 3.05) is 11.1 Å². The fourth-order valence-electron chi connectivity index (χ4n) is 1.51. The number of nitrogen functional groups attached to an aromatic ring is 1. The molecule has 0 bridgehead atoms. The Morgan fingerprint density at radius 1 is 1.58 bits per heavy atom. The lowest BCUT2D eigenvalue weighted by Crippen LogP contribution is -2.13. The number of amides is 1. The highest BCUT2D eigenvalue weighted by molar-refractivity contribution is 7.11. The molecule has 4 N–H and O–H groups in total. The number of phenolic OH excluding ortho intramolecular Hbond substituents is 1. The average Bonchev–Trinajstić information content (AvgIpc) is 2.66. The molecule has 100 valence electrons. The zero-order valence-corrected chi connectivity index (χ0v) is 11.7. The summed E-state index contributed by atoms with van der Waals surface area (Å²) in [6.07, 6.45) is 0.151. The maximum absolute atomic E-state index is 11.8. The number of halogens is 1. The number of anilines is 2. The minimum Gasteiger partial charge on any atom is -0.506 e. The Hall–Kier alpha value is -1.79. The number of aromatic hydroxyl groups is 1. The number of phenols is 1. The molecule has 0 atom stereocenters. The first-order chi connectivity index (χ1) is 8.97. The number of aryl methyl sites for hydroxylation is 1. The van der Waals surface area contributed by atoms with Gasteiger partial charge >= 0.3 is 0 Å². The van der Waals surface area contributed by atoms with Gasteiger partial charge in [0.25, 0.3) is 0 Å². The lowest BCUT2D eigenvalue weighted by molar-refractivity contribution is -0.115. The van der Waals surface area contributed by atoms with E-state index in [1.807, 2.05) is 0 Å². The van der Waals surface area contributed by atoms with Crippen molar-refractivity contribution in [1.82, 2.24) is 4.37 Å². The van der Waals surface area contributed by atoms with E-state index in [0.717, 1.165) is 11.5 Å². The van der Waals surface area contributed by atoms with Gasteiger partial charge in [-0.15, -0.1) is 0 Å². The van der Waals surface area contributed by atoms with Crippen LogP contribution >= 0.6 is 23.1 Å². The summed E-state index contributed by atoms with van der Waals surface area (Å²) in [4.78, 5) is 11.8. The zero-order valence-electron chi connectivity index (χ0n) is 10.1. The first-order valence-electron chi connectivity index (χ1n) is 5.46. The van der Waals surface area contributed by atoms with Gasteiger partial charge in [0, 0.05) is 0 Å². The van der Waals surface area contributed by atoms with Crippen molar-refractivity contribution in [3.8, 4) is 5.75 Å². The van der Waals surface area contributed by atoms with Crippen molar-refractivity contribution in [3.05, 3.63) is 34.5 Å². The largest absolute Gasteiger partial charge is 0.506 e. The number of hydrogen-bond donors (Lipinski definition) is 3. The van der Waals surface area contributed by atoms with Crippen molar-refractivity contribution >= 4 is 39.7 Å². The van der Waals surface area contributed by atoms with E-state index in [1.54, 1.807) is 19.1 Å². The van der Waals surface area contributed by atoms with Crippen molar-refractivity contribution < 1.29 is 9.90 Å². The fourth-order valence-corrected chi connectivity index (χ4v) is 2.46. The van der Waals surface area contributed by atoms with Gasteiger partial charge < -0.3 is 16.2 Å². The summed E-state index contributed by atoms with van der Waals surface area (Å²) >= 11 is 7.12. The van der Waals surface area contributed by atoms with Crippen molar-refractivity contribution in [3.63, 3.8) is 0 Å². The molecule has 0 spiro atoms. The third kappa shape index (κ3) is 3.15. The molecule has 0 unspecified atom stereocenters. The Balaban J connectivity index is 2.05. The molecule has 1 amide bonds. The topological polar surface area (TPSA) is 88.2 Å². The van der Waals surface area contributed by atoms with E-state index < -0.39 is 0 Å². The van der Waals surface area contributed by atoms with E-state index in [2.05, 4.69) is 9.69 Å². The molecule has 5 nitrogen and oxygen atoms in total. The van der Waals surface area contributed by atoms with Gasteiger partial charge in [0.2, 0.25) is 5.91 Å². The van der Waals surface area contributed by atoms with Gasteiger partial charge in [-0.25, -0.2) is 0 Å². The average molecular weight is 298 g/mol. The molecule has 1 aromatic heterocycles. The van der Waals surface area contributed by atoms with Crippen molar-refractivity contribution in [2.45, 2.75) is 13.3 Å². The SMILES string of the molecule is Cc1nsc(NC(=O)Cc2ccc(O)c(N)c2)c1Cl. The number of hydrogen-bond acceptors (Lipinski definition) is 5. The molecule has 0 fully saturated rings. The molecular formula is C12H12ClN3O2S. The highest BCUT2D eigenvalue weighted by Gasteiger charge is 2.12. The second kappa shape index (κ2) is 5.46. The number of carbonyl (C=O) groups is 1. The van der Waals surface area contributed by atoms with Crippen molar-refractivity contribution in [2.24, 2.45) is 0 Å². The van der Waals surface area contributed by atoms with Crippen LogP contribution in [-0.4, -0.2) is 15.4 Å². The number of rotatable bonds is 3. The first kappa shape index (κ1) is 13.6. The maximum atomic E-state index is 11.8. The Kier molecular flexibility index (Phi) is 3.92. The third-order valence-electron chi connectivity index (χ3n) is 2.50. The number of nitrogens with zero attached hydrogens (tertiary/aromatic N) is 1. The number of aromatic nitrogens is 1. The van der Waals surface area contributed by atoms with Crippen LogP contribution in [0.3, 0.4) is 0 Å². The van der Waals surface area contributed by atoms with Gasteiger partial charge in [0.1, 0.15) is 10.8 Å². The Morgan fingerprint density at radius 3 is 2.89 bits per heavy atom. The first-order valence-corrected chi connectivity index (χ1v) is 6.61. The number of nitrogens with one attached hydrogen (secondary N) is 1. The van der Waals surface area contributed by atoms with Gasteiger partial charge in [0.05, 0.1) is 22.8 Å². The Bertz CT molecular complexity index is 627. The van der Waals surface area contributed by atoms with E-state index >= 15 is 0 Å². The molecule has 0 aliphatic carbocycles. The quantitative estimate of drug-likeness (QED) is 0.600. The Labute approximate surface area is 119 Å². The summed E-state index contributed by atoms with van der Waals surface area (Å²) in [5.41, 5.74) is 7.22. The second-order valence-corrected chi connectivity index (χ2v) is 5.18. The summed E-state index contributed by atoms with van der Waals surface area (Å²) in [5.74, 6) is -0.207. The minimum atomic E-state index is -0.212. The maximum Gasteiger partial charge on any atom is 0.229 e. The minimum absolute atomic E-state index is 0.00489. The molecule has 0 saturated heterocycles. The molecule has 1 heterocycles. The second-order valence-electron chi connectivity index (χ2n) is 4.03. The summed E-state index contributed by atoms with van der Waals surface area (Å²) in [6, 6.07) is 4.67. The highest BCUT2D eigenvalue weighted by Crippen LogP contribution is 2.29. The summed E-state index contributed by atoms with van der Waals surface area (Å²) in [6.45, 7) is 1.77. The molecule has 0 radical (unpaired) electrons. The van der Waals surface area contributed by atoms with Crippen molar-refractivity contribution in [1.29, 1.82) is 0 Å². The van der Waals surface area contributed by atoms with Gasteiger partial charge in [-0.05, 0) is 36.2 Å². The van der Waals surface area contributed by atoms with Crippen LogP contribution in [0.1, 0.15) is 11.3 Å². The standard InChI is InChI=1S/C12H12ClN3O2S/c1-6-11(13)12(19-16-6)15-10(18)5-7-2-3-9(17)8(14)4-7/h2-4,17H,5,14H2,1H3,(H,15,18). The van der Waals surface area contributed by atoms with Crippen LogP contribution in [0, 0.1) is 6.92 Å². The van der Waals surface area contributed by atoms with Crippen LogP contribution in [0.5, 0.6) is 5.75 Å². The van der Waals surface area contributed by atoms with Crippen LogP contribution < -0.4 is 11.1 Å². The van der Waals surface area contributed by atoms with E-state index in [-0.39, 0.29) is 23.8 Å². The molecule has 0 aliphatic rings. The van der Waals surface area contributed by atoms with Gasteiger partial charge in [0.15, 0.2) is 0 Å². The summed E-state index contributed by atoms with van der Waals surface area (Å²) in [5, 5.41) is 13.0. The lowest BCUT2D eigenvalue weighted by atomic mass is 10.1. The number of carbonyl (C=O) groups excluding carboxylic acids is 1. The molecular weight excluding hydrogens is 286 g/mol. The van der Waals surface area contributed by atoms with Crippen LogP contribution in [-0.2, 0) is 11.2 Å². The predicted octanol–water partition coefficient (Wildman–Crippen LogP) is 2.57. The van der Waals surface area contributed by atoms with Crippen LogP contribution in [0.25, 0.3) is 0 Å². The fraction of sp³-hybridized carbons (Fsp3) is 0.167. The molecule has 0 saturated carbocycles. The van der Waals surface area contributed by atoms with Crippen LogP contribution in [0.4, 0.5) is 10.7 Å². The van der Waals surface area contributed by atoms with E-state index in [0.29, 0.717) is 21.3 Å². The normalized spacial score (nSPS) is 10.4. The number of nitrogens with two attached hydrogens (primary N) is 1. The van der Waals surface area contributed by atoms with Crippen LogP contribution in [0.15, 0.2) is 18.2 Å². The van der Waals surface area contributed by atoms with Gasteiger partial charge in [-0.3, -0.25) is 4.79 Å². The lowest BCUT2D eigenvalue weighted by Gasteiger charge is -2.05. The van der Waals surface area contributed by atoms with Crippen LogP contribution in [0.2, 0.25) is 5.02 Å². The highest BCUT2D eigenvalue weighted by atomic mass is 35.5. The summed E-state index contributed by atoms with van der Waals surface area (Å²) < 4.78 is 4.04. The zero-order chi connectivity index (χ0) is 14.0. The van der Waals surface area contributed by atoms with Gasteiger partial charge in [-0.1, -0.05) is 17.7 Å². The molecule has 2 aromatic rings. The molecule has 2 rings (SSSR count). The Morgan fingerprint density at radius 2 is 2.32 bits per heavy atom. The summed E-state index contributed by atoms with van der Waals surface area (Å²) in [7, 11) is 0. The van der Waals surface area contributed by atoms with E-state index in [1.165, 1.54) is 6.07 Å². The molecule has 0 aliphatic heterocycles. The molecule has 1 aromatic carbocycles. The number of benzene rings is 1. The smallest absolute Gasteiger partial charge is 0.229 e. The molecule has 19 heavy (non-hydrogen) atoms. The predicted molar refractivity (Wildman–Crippen MR) is 76.7 cm³/mol. The molecule has 7 heteroatoms.